The number of anilines is 2. The number of nitrogens with one attached hydrogen (secondary N) is 2. The zero-order valence-electron chi connectivity index (χ0n) is 22.8. The lowest BCUT2D eigenvalue weighted by atomic mass is 10.1. The van der Waals surface area contributed by atoms with E-state index in [0.29, 0.717) is 24.3 Å². The van der Waals surface area contributed by atoms with E-state index in [2.05, 4.69) is 30.5 Å². The standard InChI is InChI=1S/C27H32F3N9O2.ClH/c28-27(29,30)23-3-1-2-21(33-23)25(40)34-22-18-39(35-24(22)31)20-6-4-19(5-7-20)26(41)38-16-14-37(15-17-38)13-12-36-10-8-32-9-11-36;/h1-7,18,32H,8-17H2,(H2,31,35)(H,34,40);1H. The molecular weight excluding hydrogens is 575 g/mol. The summed E-state index contributed by atoms with van der Waals surface area (Å²) in [5.74, 6) is -0.924. The van der Waals surface area contributed by atoms with E-state index in [1.807, 2.05) is 4.90 Å². The highest BCUT2D eigenvalue weighted by Gasteiger charge is 2.33. The van der Waals surface area contributed by atoms with Gasteiger partial charge in [0.1, 0.15) is 17.1 Å². The monoisotopic (exact) mass is 607 g/mol. The van der Waals surface area contributed by atoms with Crippen LogP contribution >= 0.6 is 12.4 Å². The lowest BCUT2D eigenvalue weighted by Gasteiger charge is -2.36. The molecule has 0 saturated carbocycles. The van der Waals surface area contributed by atoms with Crippen molar-refractivity contribution in [2.75, 3.05) is 76.5 Å². The number of carbonyl (C=O) groups excluding carboxylic acids is 2. The van der Waals surface area contributed by atoms with Crippen LogP contribution in [0, 0.1) is 0 Å². The minimum Gasteiger partial charge on any atom is -0.380 e. The van der Waals surface area contributed by atoms with E-state index < -0.39 is 23.5 Å². The summed E-state index contributed by atoms with van der Waals surface area (Å²) in [7, 11) is 0. The van der Waals surface area contributed by atoms with Crippen LogP contribution in [0.25, 0.3) is 5.69 Å². The molecule has 226 valence electrons. The van der Waals surface area contributed by atoms with Crippen LogP contribution in [0.4, 0.5) is 24.7 Å². The Bertz CT molecular complexity index is 1370. The molecule has 15 heteroatoms. The number of aromatic nitrogens is 3. The second-order valence-electron chi connectivity index (χ2n) is 10.0. The summed E-state index contributed by atoms with van der Waals surface area (Å²) in [5, 5.41) is 10.00. The zero-order valence-corrected chi connectivity index (χ0v) is 23.6. The zero-order chi connectivity index (χ0) is 29.0. The van der Waals surface area contributed by atoms with Crippen molar-refractivity contribution in [1.29, 1.82) is 0 Å². The number of rotatable bonds is 7. The average Bonchev–Trinajstić information content (AvgIpc) is 3.36. The van der Waals surface area contributed by atoms with Gasteiger partial charge >= 0.3 is 6.18 Å². The quantitative estimate of drug-likeness (QED) is 0.374. The number of amides is 2. The van der Waals surface area contributed by atoms with Gasteiger partial charge in [0, 0.05) is 71.0 Å². The summed E-state index contributed by atoms with van der Waals surface area (Å²) < 4.78 is 40.2. The molecule has 2 fully saturated rings. The first-order chi connectivity index (χ1) is 19.7. The summed E-state index contributed by atoms with van der Waals surface area (Å²) in [6.07, 6.45) is -3.23. The van der Waals surface area contributed by atoms with Crippen LogP contribution in [0.1, 0.15) is 26.5 Å². The number of nitrogen functional groups attached to an aromatic ring is 1. The van der Waals surface area contributed by atoms with Crippen molar-refractivity contribution >= 4 is 35.7 Å². The SMILES string of the molecule is Cl.Nc1nn(-c2ccc(C(=O)N3CCN(CCN4CCNCC4)CC3)cc2)cc1NC(=O)c1cccc(C(F)(F)F)n1. The molecule has 0 aliphatic carbocycles. The van der Waals surface area contributed by atoms with Crippen molar-refractivity contribution in [3.63, 3.8) is 0 Å². The first kappa shape index (κ1) is 31.2. The molecule has 2 aliphatic heterocycles. The van der Waals surface area contributed by atoms with Crippen molar-refractivity contribution in [2.45, 2.75) is 6.18 Å². The molecular formula is C27H33ClF3N9O2. The van der Waals surface area contributed by atoms with Crippen LogP contribution in [-0.2, 0) is 6.18 Å². The first-order valence-electron chi connectivity index (χ1n) is 13.4. The summed E-state index contributed by atoms with van der Waals surface area (Å²) in [5.41, 5.74) is 5.61. The van der Waals surface area contributed by atoms with Gasteiger partial charge in [0.05, 0.1) is 11.9 Å². The lowest BCUT2D eigenvalue weighted by Crippen LogP contribution is -2.51. The maximum Gasteiger partial charge on any atom is 0.433 e. The Kier molecular flexibility index (Phi) is 10.0. The van der Waals surface area contributed by atoms with Crippen LogP contribution in [0.5, 0.6) is 0 Å². The van der Waals surface area contributed by atoms with Gasteiger partial charge in [-0.1, -0.05) is 6.07 Å². The number of carbonyl (C=O) groups is 2. The number of benzene rings is 1. The molecule has 0 radical (unpaired) electrons. The first-order valence-corrected chi connectivity index (χ1v) is 13.4. The summed E-state index contributed by atoms with van der Waals surface area (Å²) in [6.45, 7) is 9.29. The summed E-state index contributed by atoms with van der Waals surface area (Å²) in [6, 6.07) is 9.90. The van der Waals surface area contributed by atoms with Crippen LogP contribution in [-0.4, -0.2) is 107 Å². The van der Waals surface area contributed by atoms with E-state index in [0.717, 1.165) is 64.5 Å². The van der Waals surface area contributed by atoms with E-state index in [1.54, 1.807) is 24.3 Å². The molecule has 4 N–H and O–H groups in total. The maximum atomic E-state index is 13.1. The fraction of sp³-hybridized carbons (Fsp3) is 0.407. The minimum atomic E-state index is -4.67. The maximum absolute atomic E-state index is 13.1. The molecule has 0 spiro atoms. The molecule has 2 saturated heterocycles. The number of hydrogen-bond donors (Lipinski definition) is 3. The van der Waals surface area contributed by atoms with Gasteiger partial charge in [-0.25, -0.2) is 9.67 Å². The summed E-state index contributed by atoms with van der Waals surface area (Å²) in [4.78, 5) is 35.7. The largest absolute Gasteiger partial charge is 0.433 e. The highest BCUT2D eigenvalue weighted by Crippen LogP contribution is 2.28. The van der Waals surface area contributed by atoms with Gasteiger partial charge in [-0.2, -0.15) is 13.2 Å². The van der Waals surface area contributed by atoms with Crippen LogP contribution < -0.4 is 16.4 Å². The van der Waals surface area contributed by atoms with Crippen LogP contribution in [0.3, 0.4) is 0 Å². The fourth-order valence-corrected chi connectivity index (χ4v) is 4.85. The van der Waals surface area contributed by atoms with Gasteiger partial charge in [0.15, 0.2) is 5.82 Å². The Labute approximate surface area is 247 Å². The fourth-order valence-electron chi connectivity index (χ4n) is 4.85. The van der Waals surface area contributed by atoms with Crippen molar-refractivity contribution < 1.29 is 22.8 Å². The van der Waals surface area contributed by atoms with Crippen molar-refractivity contribution in [3.8, 4) is 5.69 Å². The van der Waals surface area contributed by atoms with E-state index in [4.69, 9.17) is 5.73 Å². The van der Waals surface area contributed by atoms with E-state index in [-0.39, 0.29) is 29.8 Å². The molecule has 0 atom stereocenters. The normalized spacial score (nSPS) is 16.6. The highest BCUT2D eigenvalue weighted by molar-refractivity contribution is 6.04. The number of nitrogens with zero attached hydrogens (tertiary/aromatic N) is 6. The minimum absolute atomic E-state index is 0. The van der Waals surface area contributed by atoms with Crippen molar-refractivity contribution in [1.82, 2.24) is 34.8 Å². The number of pyridine rings is 1. The van der Waals surface area contributed by atoms with Gasteiger partial charge in [-0.15, -0.1) is 17.5 Å². The number of halogens is 4. The molecule has 4 heterocycles. The van der Waals surface area contributed by atoms with Crippen molar-refractivity contribution in [2.24, 2.45) is 0 Å². The second-order valence-corrected chi connectivity index (χ2v) is 10.0. The third kappa shape index (κ3) is 7.56. The molecule has 0 unspecified atom stereocenters. The Hall–Kier alpha value is -3.72. The Morgan fingerprint density at radius 1 is 0.929 bits per heavy atom. The molecule has 0 bridgehead atoms. The van der Waals surface area contributed by atoms with Gasteiger partial charge in [-0.3, -0.25) is 19.4 Å². The van der Waals surface area contributed by atoms with Gasteiger partial charge in [0.2, 0.25) is 0 Å². The molecule has 11 nitrogen and oxygen atoms in total. The van der Waals surface area contributed by atoms with E-state index >= 15 is 0 Å². The van der Waals surface area contributed by atoms with Gasteiger partial charge in [-0.05, 0) is 36.4 Å². The lowest BCUT2D eigenvalue weighted by molar-refractivity contribution is -0.141. The topological polar surface area (TPSA) is 125 Å². The Morgan fingerprint density at radius 2 is 1.57 bits per heavy atom. The smallest absolute Gasteiger partial charge is 0.380 e. The number of nitrogens with two attached hydrogens (primary N) is 1. The predicted molar refractivity (Wildman–Crippen MR) is 154 cm³/mol. The van der Waals surface area contributed by atoms with Crippen LogP contribution in [0.2, 0.25) is 0 Å². The molecule has 1 aromatic carbocycles. The number of alkyl halides is 3. The third-order valence-corrected chi connectivity index (χ3v) is 7.24. The van der Waals surface area contributed by atoms with E-state index in [1.165, 1.54) is 16.9 Å². The van der Waals surface area contributed by atoms with Gasteiger partial charge < -0.3 is 21.3 Å². The third-order valence-electron chi connectivity index (χ3n) is 7.24. The number of hydrogen-bond acceptors (Lipinski definition) is 8. The Balaban J connectivity index is 0.00000405. The molecule has 3 aromatic rings. The number of piperazine rings is 2. The summed E-state index contributed by atoms with van der Waals surface area (Å²) >= 11 is 0. The molecule has 2 aromatic heterocycles. The van der Waals surface area contributed by atoms with Crippen LogP contribution in [0.15, 0.2) is 48.7 Å². The molecule has 2 aliphatic rings. The average molecular weight is 608 g/mol. The van der Waals surface area contributed by atoms with Gasteiger partial charge in [0.25, 0.3) is 11.8 Å². The Morgan fingerprint density at radius 3 is 2.21 bits per heavy atom. The van der Waals surface area contributed by atoms with Crippen molar-refractivity contribution in [3.05, 3.63) is 65.6 Å². The molecule has 2 amide bonds. The molecule has 5 rings (SSSR count). The van der Waals surface area contributed by atoms with E-state index in [9.17, 15) is 22.8 Å². The molecule has 42 heavy (non-hydrogen) atoms. The highest BCUT2D eigenvalue weighted by atomic mass is 35.5. The second kappa shape index (κ2) is 13.5. The predicted octanol–water partition coefficient (Wildman–Crippen LogP) is 2.21.